The zero-order chi connectivity index (χ0) is 5.86. The molecule has 0 aromatic carbocycles. The van der Waals surface area contributed by atoms with Crippen molar-refractivity contribution in [1.82, 2.24) is 0 Å². The fourth-order valence-corrected chi connectivity index (χ4v) is 6.32. The van der Waals surface area contributed by atoms with Gasteiger partial charge < -0.3 is 0 Å². The summed E-state index contributed by atoms with van der Waals surface area (Å²) in [5.74, 6) is 0. The molecule has 44 valence electrons. The third kappa shape index (κ3) is 6.80. The standard InChI is InChI=1S/2C3H7.Sn.2H/c2*1-3-2;;;/h2*3H,1-2H3;;;. The van der Waals surface area contributed by atoms with Crippen LogP contribution in [-0.2, 0) is 0 Å². The molecule has 0 aromatic heterocycles. The van der Waals surface area contributed by atoms with Crippen LogP contribution in [0.3, 0.4) is 0 Å². The molecule has 7 heavy (non-hydrogen) atoms. The molecule has 0 spiro atoms. The van der Waals surface area contributed by atoms with Gasteiger partial charge in [0.2, 0.25) is 0 Å². The maximum atomic E-state index is 2.36. The van der Waals surface area contributed by atoms with Gasteiger partial charge in [0.15, 0.2) is 0 Å². The quantitative estimate of drug-likeness (QED) is 0.605. The molecule has 0 saturated carbocycles. The van der Waals surface area contributed by atoms with E-state index in [-0.39, 0.29) is 21.1 Å². The normalized spacial score (nSPS) is 11.1. The van der Waals surface area contributed by atoms with Crippen molar-refractivity contribution >= 4 is 21.1 Å². The zero-order valence-electron chi connectivity index (χ0n) is 5.86. The van der Waals surface area contributed by atoms with Crippen LogP contribution >= 0.6 is 0 Å². The van der Waals surface area contributed by atoms with E-state index in [2.05, 4.69) is 27.7 Å². The molecule has 1 heteroatoms. The Balaban J connectivity index is 2.95. The van der Waals surface area contributed by atoms with Crippen molar-refractivity contribution in [2.75, 3.05) is 0 Å². The van der Waals surface area contributed by atoms with Crippen LogP contribution in [0.1, 0.15) is 27.7 Å². The Hall–Kier alpha value is 0.799. The topological polar surface area (TPSA) is 0 Å². The minimum absolute atomic E-state index is 0.272. The summed E-state index contributed by atoms with van der Waals surface area (Å²) < 4.78 is 2.17. The van der Waals surface area contributed by atoms with Gasteiger partial charge >= 0.3 is 56.7 Å². The van der Waals surface area contributed by atoms with Crippen molar-refractivity contribution in [3.05, 3.63) is 0 Å². The van der Waals surface area contributed by atoms with Gasteiger partial charge in [0.1, 0.15) is 0 Å². The van der Waals surface area contributed by atoms with Crippen LogP contribution < -0.4 is 0 Å². The van der Waals surface area contributed by atoms with Crippen LogP contribution in [0.25, 0.3) is 0 Å². The second-order valence-electron chi connectivity index (χ2n) is 3.02. The molecule has 0 amide bonds. The van der Waals surface area contributed by atoms with Crippen LogP contribution in [0.5, 0.6) is 0 Å². The van der Waals surface area contributed by atoms with Crippen molar-refractivity contribution in [3.63, 3.8) is 0 Å². The van der Waals surface area contributed by atoms with Gasteiger partial charge in [-0.05, 0) is 0 Å². The summed E-state index contributed by atoms with van der Waals surface area (Å²) in [5, 5.41) is 0. The second kappa shape index (κ2) is 3.76. The van der Waals surface area contributed by atoms with Crippen LogP contribution in [0, 0.1) is 0 Å². The number of hydrogen-bond acceptors (Lipinski definition) is 0. The summed E-state index contributed by atoms with van der Waals surface area (Å²) >= 11 is -0.272. The summed E-state index contributed by atoms with van der Waals surface area (Å²) in [6.07, 6.45) is 0. The zero-order valence-corrected chi connectivity index (χ0v) is 9.90. The van der Waals surface area contributed by atoms with Crippen LogP contribution in [0.2, 0.25) is 7.87 Å². The summed E-state index contributed by atoms with van der Waals surface area (Å²) in [7, 11) is 0. The third-order valence-electron chi connectivity index (χ3n) is 0.943. The molecule has 0 aliphatic rings. The molecule has 0 atom stereocenters. The molecular weight excluding hydrogens is 191 g/mol. The number of hydrogen-bond donors (Lipinski definition) is 0. The van der Waals surface area contributed by atoms with Gasteiger partial charge in [0, 0.05) is 0 Å². The first-order valence-electron chi connectivity index (χ1n) is 3.13. The van der Waals surface area contributed by atoms with E-state index in [9.17, 15) is 0 Å². The average Bonchev–Trinajstić information content (AvgIpc) is 1.27. The van der Waals surface area contributed by atoms with Gasteiger partial charge in [0.25, 0.3) is 0 Å². The molecule has 0 aliphatic carbocycles. The van der Waals surface area contributed by atoms with Gasteiger partial charge in [-0.1, -0.05) is 0 Å². The van der Waals surface area contributed by atoms with Crippen molar-refractivity contribution in [3.8, 4) is 0 Å². The molecule has 0 unspecified atom stereocenters. The van der Waals surface area contributed by atoms with Crippen molar-refractivity contribution in [1.29, 1.82) is 0 Å². The van der Waals surface area contributed by atoms with E-state index in [1.54, 1.807) is 0 Å². The fraction of sp³-hybridized carbons (Fsp3) is 1.00. The van der Waals surface area contributed by atoms with Crippen LogP contribution in [0.4, 0.5) is 0 Å². The predicted octanol–water partition coefficient (Wildman–Crippen LogP) is 1.81. The molecule has 0 nitrogen and oxygen atoms in total. The molecule has 0 aromatic rings. The van der Waals surface area contributed by atoms with Gasteiger partial charge in [-0.2, -0.15) is 0 Å². The molecular formula is C6H16Sn. The Morgan fingerprint density at radius 1 is 0.857 bits per heavy atom. The van der Waals surface area contributed by atoms with E-state index in [0.29, 0.717) is 0 Å². The van der Waals surface area contributed by atoms with E-state index in [1.165, 1.54) is 0 Å². The van der Waals surface area contributed by atoms with Crippen molar-refractivity contribution in [2.24, 2.45) is 0 Å². The first kappa shape index (κ1) is 7.80. The Bertz CT molecular complexity index is 33.4. The maximum absolute atomic E-state index is 2.36. The first-order chi connectivity index (χ1) is 3.13. The molecule has 0 fully saturated rings. The molecule has 0 radical (unpaired) electrons. The van der Waals surface area contributed by atoms with E-state index >= 15 is 0 Å². The molecule has 0 heterocycles. The molecule has 0 aliphatic heterocycles. The SMILES string of the molecule is C[CH](C)[SnH2][CH](C)C. The Kier molecular flexibility index (Phi) is 4.19. The summed E-state index contributed by atoms with van der Waals surface area (Å²) in [5.41, 5.74) is 0. The Morgan fingerprint density at radius 3 is 1.14 bits per heavy atom. The van der Waals surface area contributed by atoms with E-state index < -0.39 is 0 Å². The molecule has 0 N–H and O–H groups in total. The van der Waals surface area contributed by atoms with Gasteiger partial charge in [0.05, 0.1) is 0 Å². The van der Waals surface area contributed by atoms with Crippen LogP contribution in [0.15, 0.2) is 0 Å². The van der Waals surface area contributed by atoms with E-state index in [4.69, 9.17) is 0 Å². The summed E-state index contributed by atoms with van der Waals surface area (Å²) in [6, 6.07) is 0. The second-order valence-corrected chi connectivity index (χ2v) is 13.7. The Labute approximate surface area is 56.9 Å². The van der Waals surface area contributed by atoms with Gasteiger partial charge in [-0.3, -0.25) is 0 Å². The molecule has 0 rings (SSSR count). The van der Waals surface area contributed by atoms with Crippen molar-refractivity contribution < 1.29 is 0 Å². The van der Waals surface area contributed by atoms with Crippen molar-refractivity contribution in [2.45, 2.75) is 35.6 Å². The summed E-state index contributed by atoms with van der Waals surface area (Å²) in [4.78, 5) is 0. The minimum atomic E-state index is -0.272. The number of rotatable bonds is 2. The predicted molar refractivity (Wildman–Crippen MR) is 38.7 cm³/mol. The van der Waals surface area contributed by atoms with E-state index in [0.717, 1.165) is 7.87 Å². The average molecular weight is 207 g/mol. The monoisotopic (exact) mass is 208 g/mol. The fourth-order valence-electron chi connectivity index (χ4n) is 0.943. The van der Waals surface area contributed by atoms with Crippen LogP contribution in [-0.4, -0.2) is 21.1 Å². The van der Waals surface area contributed by atoms with Gasteiger partial charge in [-0.15, -0.1) is 0 Å². The first-order valence-corrected chi connectivity index (χ1v) is 7.79. The Morgan fingerprint density at radius 2 is 1.14 bits per heavy atom. The van der Waals surface area contributed by atoms with E-state index in [1.807, 2.05) is 0 Å². The van der Waals surface area contributed by atoms with Gasteiger partial charge in [-0.25, -0.2) is 0 Å². The molecule has 0 saturated heterocycles. The third-order valence-corrected chi connectivity index (χ3v) is 6.32. The summed E-state index contributed by atoms with van der Waals surface area (Å²) in [6.45, 7) is 9.43. The molecule has 0 bridgehead atoms.